The van der Waals surface area contributed by atoms with E-state index in [1.165, 1.54) is 4.90 Å². The third kappa shape index (κ3) is 1.14. The van der Waals surface area contributed by atoms with E-state index >= 15 is 0 Å². The molecule has 0 N–H and O–H groups in total. The highest BCUT2D eigenvalue weighted by Crippen LogP contribution is 2.60. The molecule has 0 aromatic heterocycles. The summed E-state index contributed by atoms with van der Waals surface area (Å²) in [6, 6.07) is 9.27. The molecule has 0 radical (unpaired) electrons. The maximum atomic E-state index is 12.8. The Morgan fingerprint density at radius 1 is 1.16 bits per heavy atom. The minimum Gasteiger partial charge on any atom is -0.274 e. The summed E-state index contributed by atoms with van der Waals surface area (Å²) in [4.78, 5) is 26.8. The molecule has 1 saturated carbocycles. The number of allylic oxidation sites excluding steroid dienone is 2. The molecule has 2 amide bonds. The van der Waals surface area contributed by atoms with Gasteiger partial charge in [0.25, 0.3) is 0 Å². The Morgan fingerprint density at radius 2 is 1.89 bits per heavy atom. The van der Waals surface area contributed by atoms with Gasteiger partial charge in [-0.3, -0.25) is 9.59 Å². The predicted molar refractivity (Wildman–Crippen MR) is 71.3 cm³/mol. The number of carbonyl (C=O) groups is 2. The fraction of sp³-hybridized carbons (Fsp3) is 0.375. The fourth-order valence-electron chi connectivity index (χ4n) is 4.13. The van der Waals surface area contributed by atoms with Gasteiger partial charge in [0.2, 0.25) is 11.8 Å². The highest BCUT2D eigenvalue weighted by atomic mass is 16.2. The second-order valence-electron chi connectivity index (χ2n) is 5.97. The highest BCUT2D eigenvalue weighted by Gasteiger charge is 2.67. The molecule has 0 spiro atoms. The van der Waals surface area contributed by atoms with Crippen LogP contribution in [0, 0.1) is 23.2 Å². The summed E-state index contributed by atoms with van der Waals surface area (Å²) in [6.45, 7) is 1.97. The Balaban J connectivity index is 1.83. The first-order valence-corrected chi connectivity index (χ1v) is 6.76. The van der Waals surface area contributed by atoms with Gasteiger partial charge in [-0.15, -0.1) is 0 Å². The van der Waals surface area contributed by atoms with Gasteiger partial charge in [0.05, 0.1) is 17.0 Å². The Kier molecular flexibility index (Phi) is 1.93. The molecule has 2 bridgehead atoms. The van der Waals surface area contributed by atoms with Crippen LogP contribution in [0.1, 0.15) is 13.3 Å². The average molecular weight is 253 g/mol. The van der Waals surface area contributed by atoms with Crippen molar-refractivity contribution in [2.45, 2.75) is 13.3 Å². The van der Waals surface area contributed by atoms with Crippen LogP contribution in [0.5, 0.6) is 0 Å². The maximum absolute atomic E-state index is 12.8. The second kappa shape index (κ2) is 3.35. The summed E-state index contributed by atoms with van der Waals surface area (Å²) in [6.07, 6.45) is 5.21. The topological polar surface area (TPSA) is 37.4 Å². The lowest BCUT2D eigenvalue weighted by molar-refractivity contribution is -0.127. The zero-order chi connectivity index (χ0) is 13.2. The number of para-hydroxylation sites is 1. The largest absolute Gasteiger partial charge is 0.274 e. The fourth-order valence-corrected chi connectivity index (χ4v) is 4.13. The number of fused-ring (bicyclic) bond motifs is 5. The van der Waals surface area contributed by atoms with Crippen LogP contribution in [0.15, 0.2) is 42.5 Å². The molecule has 1 heterocycles. The van der Waals surface area contributed by atoms with Crippen LogP contribution < -0.4 is 4.90 Å². The van der Waals surface area contributed by atoms with E-state index in [2.05, 4.69) is 12.2 Å². The summed E-state index contributed by atoms with van der Waals surface area (Å²) >= 11 is 0. The smallest absolute Gasteiger partial charge is 0.241 e. The average Bonchev–Trinajstić information content (AvgIpc) is 3.04. The Bertz CT molecular complexity index is 606. The Labute approximate surface area is 111 Å². The van der Waals surface area contributed by atoms with Gasteiger partial charge in [-0.1, -0.05) is 30.4 Å². The molecule has 3 aliphatic rings. The number of hydrogen-bond acceptors (Lipinski definition) is 2. The first kappa shape index (κ1) is 11.0. The summed E-state index contributed by atoms with van der Waals surface area (Å²) in [7, 11) is 0. The monoisotopic (exact) mass is 253 g/mol. The van der Waals surface area contributed by atoms with E-state index in [0.717, 1.165) is 6.42 Å². The van der Waals surface area contributed by atoms with Crippen molar-refractivity contribution in [1.29, 1.82) is 0 Å². The minimum absolute atomic E-state index is 0.0180. The molecule has 2 fully saturated rings. The van der Waals surface area contributed by atoms with Crippen LogP contribution in [0.2, 0.25) is 0 Å². The molecule has 1 aromatic rings. The standard InChI is InChI=1S/C16H15NO2/c1-16-11-8-7-10(9-11)13(16)14(18)17(15(16)19)12-5-3-2-4-6-12/h2-8,10-11,13H,9H2,1H3/t10-,11+,13-,16-/m1/s1. The number of benzene rings is 1. The van der Waals surface area contributed by atoms with Crippen LogP contribution in [0.3, 0.4) is 0 Å². The molecule has 96 valence electrons. The third-order valence-electron chi connectivity index (χ3n) is 5.13. The van der Waals surface area contributed by atoms with Gasteiger partial charge in [-0.05, 0) is 37.3 Å². The van der Waals surface area contributed by atoms with Gasteiger partial charge in [0.1, 0.15) is 0 Å². The quantitative estimate of drug-likeness (QED) is 0.569. The molecular weight excluding hydrogens is 238 g/mol. The van der Waals surface area contributed by atoms with Crippen molar-refractivity contribution >= 4 is 17.5 Å². The van der Waals surface area contributed by atoms with Crippen LogP contribution in [0.25, 0.3) is 0 Å². The lowest BCUT2D eigenvalue weighted by Gasteiger charge is -2.28. The van der Waals surface area contributed by atoms with Gasteiger partial charge < -0.3 is 0 Å². The van der Waals surface area contributed by atoms with E-state index < -0.39 is 5.41 Å². The summed E-state index contributed by atoms with van der Waals surface area (Å²) < 4.78 is 0. The first-order valence-electron chi connectivity index (χ1n) is 6.76. The van der Waals surface area contributed by atoms with Gasteiger partial charge in [-0.2, -0.15) is 0 Å². The molecule has 0 unspecified atom stereocenters. The van der Waals surface area contributed by atoms with Crippen molar-refractivity contribution in [3.8, 4) is 0 Å². The molecule has 1 saturated heterocycles. The zero-order valence-corrected chi connectivity index (χ0v) is 10.7. The summed E-state index contributed by atoms with van der Waals surface area (Å²) in [5, 5.41) is 0. The maximum Gasteiger partial charge on any atom is 0.241 e. The molecule has 3 nitrogen and oxygen atoms in total. The molecule has 4 rings (SSSR count). The first-order chi connectivity index (χ1) is 9.14. The van der Waals surface area contributed by atoms with Crippen molar-refractivity contribution in [3.63, 3.8) is 0 Å². The van der Waals surface area contributed by atoms with Crippen LogP contribution in [0.4, 0.5) is 5.69 Å². The summed E-state index contributed by atoms with van der Waals surface area (Å²) in [5.41, 5.74) is 0.180. The van der Waals surface area contributed by atoms with Crippen LogP contribution in [-0.4, -0.2) is 11.8 Å². The summed E-state index contributed by atoms with van der Waals surface area (Å²) in [5.74, 6) is 0.282. The van der Waals surface area contributed by atoms with Gasteiger partial charge in [0, 0.05) is 0 Å². The van der Waals surface area contributed by atoms with E-state index in [1.54, 1.807) is 0 Å². The predicted octanol–water partition coefficient (Wildman–Crippen LogP) is 2.39. The van der Waals surface area contributed by atoms with Crippen molar-refractivity contribution < 1.29 is 9.59 Å². The third-order valence-corrected chi connectivity index (χ3v) is 5.13. The number of imide groups is 1. The van der Waals surface area contributed by atoms with E-state index in [1.807, 2.05) is 37.3 Å². The minimum atomic E-state index is -0.521. The highest BCUT2D eigenvalue weighted by molar-refractivity contribution is 6.24. The Morgan fingerprint density at radius 3 is 2.58 bits per heavy atom. The van der Waals surface area contributed by atoms with E-state index in [9.17, 15) is 9.59 Å². The number of nitrogens with zero attached hydrogens (tertiary/aromatic N) is 1. The lowest BCUT2D eigenvalue weighted by atomic mass is 9.71. The number of hydrogen-bond donors (Lipinski definition) is 0. The molecule has 3 heteroatoms. The molecular formula is C16H15NO2. The van der Waals surface area contributed by atoms with Crippen molar-refractivity contribution in [3.05, 3.63) is 42.5 Å². The van der Waals surface area contributed by atoms with Gasteiger partial charge >= 0.3 is 0 Å². The molecule has 4 atom stereocenters. The number of rotatable bonds is 1. The molecule has 19 heavy (non-hydrogen) atoms. The molecule has 2 aliphatic carbocycles. The lowest BCUT2D eigenvalue weighted by Crippen LogP contribution is -2.37. The number of amides is 2. The number of carbonyl (C=O) groups excluding carboxylic acids is 2. The van der Waals surface area contributed by atoms with Crippen LogP contribution in [-0.2, 0) is 9.59 Å². The van der Waals surface area contributed by atoms with E-state index in [4.69, 9.17) is 0 Å². The normalized spacial score (nSPS) is 39.2. The van der Waals surface area contributed by atoms with Gasteiger partial charge in [-0.25, -0.2) is 4.90 Å². The van der Waals surface area contributed by atoms with Crippen molar-refractivity contribution in [2.24, 2.45) is 23.2 Å². The van der Waals surface area contributed by atoms with E-state index in [0.29, 0.717) is 5.69 Å². The van der Waals surface area contributed by atoms with Crippen LogP contribution >= 0.6 is 0 Å². The Hall–Kier alpha value is -1.90. The van der Waals surface area contributed by atoms with Crippen molar-refractivity contribution in [1.82, 2.24) is 0 Å². The van der Waals surface area contributed by atoms with Gasteiger partial charge in [0.15, 0.2) is 0 Å². The molecule has 1 aromatic carbocycles. The number of anilines is 1. The SMILES string of the molecule is C[C@]12C(=O)N(c3ccccc3)C(=O)[C@H]1[C@@H]1C=C[C@H]2C1. The van der Waals surface area contributed by atoms with Crippen molar-refractivity contribution in [2.75, 3.05) is 4.90 Å². The second-order valence-corrected chi connectivity index (χ2v) is 5.97. The zero-order valence-electron chi connectivity index (χ0n) is 10.7. The molecule has 1 aliphatic heterocycles. The van der Waals surface area contributed by atoms with E-state index in [-0.39, 0.29) is 29.6 Å².